The number of hydrogen-bond acceptors (Lipinski definition) is 7. The molecule has 0 spiro atoms. The van der Waals surface area contributed by atoms with E-state index in [9.17, 15) is 14.0 Å². The second-order valence-corrected chi connectivity index (χ2v) is 7.13. The zero-order chi connectivity index (χ0) is 20.8. The van der Waals surface area contributed by atoms with Crippen molar-refractivity contribution >= 4 is 11.9 Å². The van der Waals surface area contributed by atoms with Gasteiger partial charge in [0.15, 0.2) is 0 Å². The minimum Gasteiger partial charge on any atom is -0.469 e. The number of benzene rings is 1. The zero-order valence-electron chi connectivity index (χ0n) is 16.6. The van der Waals surface area contributed by atoms with E-state index in [2.05, 4.69) is 20.4 Å². The van der Waals surface area contributed by atoms with Crippen molar-refractivity contribution in [3.8, 4) is 11.4 Å². The van der Waals surface area contributed by atoms with Crippen molar-refractivity contribution in [3.63, 3.8) is 0 Å². The van der Waals surface area contributed by atoms with Crippen LogP contribution in [-0.4, -0.2) is 59.7 Å². The Kier molecular flexibility index (Phi) is 6.92. The van der Waals surface area contributed by atoms with E-state index in [0.717, 1.165) is 12.8 Å². The van der Waals surface area contributed by atoms with Gasteiger partial charge in [-0.25, -0.2) is 4.39 Å². The number of hydrogen-bond donors (Lipinski definition) is 1. The van der Waals surface area contributed by atoms with E-state index in [-0.39, 0.29) is 54.1 Å². The molecule has 9 heteroatoms. The lowest BCUT2D eigenvalue weighted by Crippen LogP contribution is -2.41. The number of likely N-dealkylation sites (N-methyl/N-ethyl adjacent to an activating group) is 1. The van der Waals surface area contributed by atoms with Crippen molar-refractivity contribution in [3.05, 3.63) is 36.0 Å². The molecule has 2 heterocycles. The van der Waals surface area contributed by atoms with Crippen LogP contribution in [0, 0.1) is 5.82 Å². The number of ether oxygens (including phenoxy) is 1. The fraction of sp³-hybridized carbons (Fsp3) is 0.500. The summed E-state index contributed by atoms with van der Waals surface area (Å²) in [6.45, 7) is 0.511. The first-order valence-corrected chi connectivity index (χ1v) is 9.61. The van der Waals surface area contributed by atoms with Gasteiger partial charge in [0, 0.05) is 31.5 Å². The highest BCUT2D eigenvalue weighted by atomic mass is 19.1. The van der Waals surface area contributed by atoms with Gasteiger partial charge in [0.1, 0.15) is 5.82 Å². The molecule has 1 aliphatic rings. The van der Waals surface area contributed by atoms with E-state index >= 15 is 0 Å². The maximum absolute atomic E-state index is 13.8. The molecule has 2 atom stereocenters. The topological polar surface area (TPSA) is 97.6 Å². The molecule has 1 aromatic carbocycles. The third-order valence-electron chi connectivity index (χ3n) is 5.30. The molecule has 1 amide bonds. The summed E-state index contributed by atoms with van der Waals surface area (Å²) in [6, 6.07) is 6.50. The van der Waals surface area contributed by atoms with Crippen LogP contribution in [0.5, 0.6) is 0 Å². The van der Waals surface area contributed by atoms with Crippen LogP contribution in [0.2, 0.25) is 0 Å². The molecular formula is C20H25FN4O4. The molecule has 0 unspecified atom stereocenters. The van der Waals surface area contributed by atoms with Crippen LogP contribution in [0.3, 0.4) is 0 Å². The highest BCUT2D eigenvalue weighted by Crippen LogP contribution is 2.24. The summed E-state index contributed by atoms with van der Waals surface area (Å²) in [5.41, 5.74) is 0.262. The van der Waals surface area contributed by atoms with Gasteiger partial charge in [0.2, 0.25) is 17.6 Å². The van der Waals surface area contributed by atoms with Crippen molar-refractivity contribution in [1.29, 1.82) is 0 Å². The SMILES string of the molecule is COC(=O)C[C@H]1CC[C@@H](CNC(=O)CCc2nc(-c3ccccc3F)no2)N1C. The number of esters is 1. The number of rotatable bonds is 8. The molecule has 0 saturated carbocycles. The standard InChI is InChI=1S/C20H25FN4O4/c1-25-13(11-19(27)28-2)7-8-14(25)12-22-17(26)9-10-18-23-20(24-29-18)15-5-3-4-6-16(15)21/h3-6,13-14H,7-12H2,1-2H3,(H,22,26)/t13-,14+/m1/s1. The third-order valence-corrected chi connectivity index (χ3v) is 5.30. The minimum atomic E-state index is -0.427. The third kappa shape index (κ3) is 5.38. The quantitative estimate of drug-likeness (QED) is 0.672. The average molecular weight is 404 g/mol. The lowest BCUT2D eigenvalue weighted by atomic mass is 10.1. The molecule has 0 bridgehead atoms. The van der Waals surface area contributed by atoms with Crippen molar-refractivity contribution in [2.75, 3.05) is 20.7 Å². The van der Waals surface area contributed by atoms with E-state index in [1.165, 1.54) is 13.2 Å². The highest BCUT2D eigenvalue weighted by molar-refractivity contribution is 5.76. The maximum atomic E-state index is 13.8. The summed E-state index contributed by atoms with van der Waals surface area (Å²) < 4.78 is 23.6. The first-order valence-electron chi connectivity index (χ1n) is 9.61. The number of aromatic nitrogens is 2. The molecule has 1 N–H and O–H groups in total. The van der Waals surface area contributed by atoms with E-state index in [1.54, 1.807) is 18.2 Å². The summed E-state index contributed by atoms with van der Waals surface area (Å²) in [6.07, 6.45) is 2.64. The van der Waals surface area contributed by atoms with E-state index in [0.29, 0.717) is 13.0 Å². The van der Waals surface area contributed by atoms with Crippen molar-refractivity contribution in [1.82, 2.24) is 20.4 Å². The lowest BCUT2D eigenvalue weighted by Gasteiger charge is -2.25. The van der Waals surface area contributed by atoms with Crippen LogP contribution < -0.4 is 5.32 Å². The number of carbonyl (C=O) groups excluding carboxylic acids is 2. The molecule has 156 valence electrons. The Hall–Kier alpha value is -2.81. The monoisotopic (exact) mass is 404 g/mol. The van der Waals surface area contributed by atoms with Crippen molar-refractivity contribution in [2.24, 2.45) is 0 Å². The molecule has 0 aliphatic carbocycles. The number of nitrogens with zero attached hydrogens (tertiary/aromatic N) is 3. The maximum Gasteiger partial charge on any atom is 0.307 e. The van der Waals surface area contributed by atoms with Gasteiger partial charge in [-0.2, -0.15) is 4.98 Å². The largest absolute Gasteiger partial charge is 0.469 e. The second-order valence-electron chi connectivity index (χ2n) is 7.13. The van der Waals surface area contributed by atoms with Crippen LogP contribution in [0.25, 0.3) is 11.4 Å². The molecule has 8 nitrogen and oxygen atoms in total. The van der Waals surface area contributed by atoms with E-state index in [4.69, 9.17) is 9.26 Å². The Morgan fingerprint density at radius 1 is 1.31 bits per heavy atom. The molecule has 1 saturated heterocycles. The van der Waals surface area contributed by atoms with Crippen LogP contribution in [0.15, 0.2) is 28.8 Å². The molecule has 3 rings (SSSR count). The molecule has 29 heavy (non-hydrogen) atoms. The minimum absolute atomic E-state index is 0.125. The van der Waals surface area contributed by atoms with Gasteiger partial charge in [-0.15, -0.1) is 0 Å². The van der Waals surface area contributed by atoms with E-state index < -0.39 is 5.82 Å². The summed E-state index contributed by atoms with van der Waals surface area (Å²) >= 11 is 0. The summed E-state index contributed by atoms with van der Waals surface area (Å²) in [7, 11) is 3.35. The molecule has 2 aromatic rings. The number of nitrogens with one attached hydrogen (secondary N) is 1. The fourth-order valence-corrected chi connectivity index (χ4v) is 3.51. The Morgan fingerprint density at radius 3 is 2.83 bits per heavy atom. The van der Waals surface area contributed by atoms with Crippen LogP contribution in [-0.2, 0) is 20.7 Å². The summed E-state index contributed by atoms with van der Waals surface area (Å²) in [5, 5.41) is 6.69. The Morgan fingerprint density at radius 2 is 2.07 bits per heavy atom. The van der Waals surface area contributed by atoms with Gasteiger partial charge in [-0.1, -0.05) is 17.3 Å². The zero-order valence-corrected chi connectivity index (χ0v) is 16.6. The van der Waals surface area contributed by atoms with Gasteiger partial charge < -0.3 is 14.6 Å². The highest BCUT2D eigenvalue weighted by Gasteiger charge is 2.32. The van der Waals surface area contributed by atoms with Crippen LogP contribution >= 0.6 is 0 Å². The predicted octanol–water partition coefficient (Wildman–Crippen LogP) is 1.95. The molecule has 0 radical (unpaired) electrons. The molecule has 1 aliphatic heterocycles. The molecule has 1 aromatic heterocycles. The van der Waals surface area contributed by atoms with Gasteiger partial charge in [0.05, 0.1) is 19.1 Å². The second kappa shape index (κ2) is 9.60. The number of carbonyl (C=O) groups is 2. The Bertz CT molecular complexity index is 857. The Balaban J connectivity index is 1.43. The average Bonchev–Trinajstić information content (AvgIpc) is 3.32. The van der Waals surface area contributed by atoms with Gasteiger partial charge >= 0.3 is 5.97 Å². The number of likely N-dealkylation sites (tertiary alicyclic amines) is 1. The van der Waals surface area contributed by atoms with Crippen LogP contribution in [0.4, 0.5) is 4.39 Å². The first-order chi connectivity index (χ1) is 14.0. The van der Waals surface area contributed by atoms with Crippen molar-refractivity contribution in [2.45, 2.75) is 44.2 Å². The summed E-state index contributed by atoms with van der Waals surface area (Å²) in [4.78, 5) is 29.9. The fourth-order valence-electron chi connectivity index (χ4n) is 3.51. The number of halogens is 1. The number of methoxy groups -OCH3 is 1. The first kappa shape index (κ1) is 20.9. The lowest BCUT2D eigenvalue weighted by molar-refractivity contribution is -0.141. The number of aryl methyl sites for hydroxylation is 1. The van der Waals surface area contributed by atoms with Gasteiger partial charge in [-0.3, -0.25) is 14.5 Å². The van der Waals surface area contributed by atoms with Gasteiger partial charge in [-0.05, 0) is 32.0 Å². The smallest absolute Gasteiger partial charge is 0.307 e. The van der Waals surface area contributed by atoms with Crippen molar-refractivity contribution < 1.29 is 23.2 Å². The summed E-state index contributed by atoms with van der Waals surface area (Å²) in [5.74, 6) is -0.317. The van der Waals surface area contributed by atoms with Gasteiger partial charge in [0.25, 0.3) is 0 Å². The molecular weight excluding hydrogens is 379 g/mol. The molecule has 1 fully saturated rings. The Labute approximate surface area is 168 Å². The van der Waals surface area contributed by atoms with E-state index in [1.807, 2.05) is 7.05 Å². The number of amides is 1. The van der Waals surface area contributed by atoms with Crippen LogP contribution in [0.1, 0.15) is 31.6 Å². The normalized spacial score (nSPS) is 19.3. The predicted molar refractivity (Wildman–Crippen MR) is 102 cm³/mol.